The van der Waals surface area contributed by atoms with Crippen LogP contribution in [0.2, 0.25) is 5.02 Å². The maximum absolute atomic E-state index is 5.93. The minimum absolute atomic E-state index is 0.777. The van der Waals surface area contributed by atoms with E-state index in [1.165, 1.54) is 27.6 Å². The molecule has 0 aliphatic heterocycles. The predicted octanol–water partition coefficient (Wildman–Crippen LogP) is 6.11. The van der Waals surface area contributed by atoms with E-state index in [4.69, 9.17) is 16.6 Å². The molecule has 1 nitrogen and oxygen atoms in total. The summed E-state index contributed by atoms with van der Waals surface area (Å²) >= 11 is 7.69. The van der Waals surface area contributed by atoms with E-state index in [-0.39, 0.29) is 0 Å². The van der Waals surface area contributed by atoms with Gasteiger partial charge in [-0.3, -0.25) is 0 Å². The molecule has 0 aliphatic rings. The van der Waals surface area contributed by atoms with E-state index in [0.717, 1.165) is 21.3 Å². The molecule has 0 aliphatic carbocycles. The van der Waals surface area contributed by atoms with Gasteiger partial charge in [-0.2, -0.15) is 0 Å². The summed E-state index contributed by atoms with van der Waals surface area (Å²) in [6.07, 6.45) is 0. The Labute approximate surface area is 140 Å². The molecule has 0 bridgehead atoms. The Morgan fingerprint density at radius 1 is 0.955 bits per heavy atom. The van der Waals surface area contributed by atoms with Gasteiger partial charge < -0.3 is 0 Å². The minimum Gasteiger partial charge on any atom is -0.241 e. The van der Waals surface area contributed by atoms with Crippen molar-refractivity contribution in [2.75, 3.05) is 0 Å². The normalized spacial score (nSPS) is 11.1. The van der Waals surface area contributed by atoms with E-state index in [1.54, 1.807) is 11.8 Å². The third-order valence-electron chi connectivity index (χ3n) is 3.73. The Hall–Kier alpha value is -1.51. The topological polar surface area (TPSA) is 12.9 Å². The first kappa shape index (κ1) is 15.4. The highest BCUT2D eigenvalue weighted by Crippen LogP contribution is 2.28. The fourth-order valence-electron chi connectivity index (χ4n) is 2.63. The van der Waals surface area contributed by atoms with Crippen LogP contribution < -0.4 is 0 Å². The van der Waals surface area contributed by atoms with Crippen molar-refractivity contribution >= 4 is 34.3 Å². The Morgan fingerprint density at radius 3 is 2.41 bits per heavy atom. The largest absolute Gasteiger partial charge is 0.241 e. The first-order valence-corrected chi connectivity index (χ1v) is 8.65. The molecule has 0 saturated carbocycles. The van der Waals surface area contributed by atoms with Gasteiger partial charge in [0.05, 0.1) is 10.5 Å². The Balaban J connectivity index is 1.90. The third kappa shape index (κ3) is 3.29. The smallest absolute Gasteiger partial charge is 0.0973 e. The summed E-state index contributed by atoms with van der Waals surface area (Å²) in [6.45, 7) is 6.43. The maximum atomic E-state index is 5.93. The van der Waals surface area contributed by atoms with Crippen LogP contribution in [0.3, 0.4) is 0 Å². The van der Waals surface area contributed by atoms with Crippen molar-refractivity contribution in [1.29, 1.82) is 0 Å². The first-order valence-electron chi connectivity index (χ1n) is 7.29. The number of hydrogen-bond donors (Lipinski definition) is 0. The van der Waals surface area contributed by atoms with Crippen molar-refractivity contribution in [3.8, 4) is 0 Å². The first-order chi connectivity index (χ1) is 10.5. The van der Waals surface area contributed by atoms with Crippen molar-refractivity contribution in [3.63, 3.8) is 0 Å². The Kier molecular flexibility index (Phi) is 4.42. The quantitative estimate of drug-likeness (QED) is 0.538. The zero-order valence-corrected chi connectivity index (χ0v) is 14.6. The Morgan fingerprint density at radius 2 is 1.68 bits per heavy atom. The van der Waals surface area contributed by atoms with Crippen molar-refractivity contribution < 1.29 is 0 Å². The van der Waals surface area contributed by atoms with Crippen LogP contribution in [-0.2, 0) is 5.75 Å². The van der Waals surface area contributed by atoms with E-state index in [0.29, 0.717) is 0 Å². The summed E-state index contributed by atoms with van der Waals surface area (Å²) in [6, 6.07) is 14.6. The van der Waals surface area contributed by atoms with Gasteiger partial charge in [-0.25, -0.2) is 4.98 Å². The van der Waals surface area contributed by atoms with Gasteiger partial charge in [0.2, 0.25) is 0 Å². The highest BCUT2D eigenvalue weighted by atomic mass is 35.5. The number of aromatic nitrogens is 1. The molecule has 0 radical (unpaired) electrons. The molecule has 3 heteroatoms. The molecule has 2 aromatic carbocycles. The summed E-state index contributed by atoms with van der Waals surface area (Å²) in [7, 11) is 0. The number of hydrogen-bond acceptors (Lipinski definition) is 2. The van der Waals surface area contributed by atoms with Crippen LogP contribution in [0.5, 0.6) is 0 Å². The molecular formula is C19H18ClNS. The second-order valence-electron chi connectivity index (χ2n) is 5.67. The maximum Gasteiger partial charge on any atom is 0.0973 e. The third-order valence-corrected chi connectivity index (χ3v) is 4.97. The van der Waals surface area contributed by atoms with Gasteiger partial charge in [-0.15, -0.1) is 11.8 Å². The van der Waals surface area contributed by atoms with E-state index in [1.807, 2.05) is 12.1 Å². The number of fused-ring (bicyclic) bond motifs is 1. The number of halogens is 1. The average Bonchev–Trinajstić information content (AvgIpc) is 2.48. The standard InChI is InChI=1S/C19H18ClNS/c1-12-8-14(3)19-17(9-12)13(2)10-18(21-19)22-11-15-4-6-16(20)7-5-15/h4-10H,11H2,1-3H3. The second kappa shape index (κ2) is 6.31. The van der Waals surface area contributed by atoms with E-state index >= 15 is 0 Å². The molecule has 1 aromatic heterocycles. The number of benzene rings is 2. The van der Waals surface area contributed by atoms with Gasteiger partial charge in [-0.1, -0.05) is 35.4 Å². The van der Waals surface area contributed by atoms with Gasteiger partial charge >= 0.3 is 0 Å². The van der Waals surface area contributed by atoms with Crippen molar-refractivity contribution in [2.24, 2.45) is 0 Å². The SMILES string of the molecule is Cc1cc(C)c2nc(SCc3ccc(Cl)cc3)cc(C)c2c1. The van der Waals surface area contributed by atoms with E-state index in [2.05, 4.69) is 51.1 Å². The number of rotatable bonds is 3. The van der Waals surface area contributed by atoms with Gasteiger partial charge in [0.15, 0.2) is 0 Å². The van der Waals surface area contributed by atoms with Crippen molar-refractivity contribution in [2.45, 2.75) is 31.6 Å². The van der Waals surface area contributed by atoms with Gasteiger partial charge in [-0.05, 0) is 61.7 Å². The molecule has 22 heavy (non-hydrogen) atoms. The second-order valence-corrected chi connectivity index (χ2v) is 7.10. The zero-order chi connectivity index (χ0) is 15.7. The lowest BCUT2D eigenvalue weighted by molar-refractivity contribution is 1.15. The number of nitrogens with zero attached hydrogens (tertiary/aromatic N) is 1. The summed E-state index contributed by atoms with van der Waals surface area (Å²) in [5, 5.41) is 3.11. The number of pyridine rings is 1. The van der Waals surface area contributed by atoms with Crippen LogP contribution in [0.1, 0.15) is 22.3 Å². The van der Waals surface area contributed by atoms with Crippen molar-refractivity contribution in [3.05, 3.63) is 69.7 Å². The number of aryl methyl sites for hydroxylation is 3. The molecule has 0 fully saturated rings. The predicted molar refractivity (Wildman–Crippen MR) is 97.0 cm³/mol. The molecule has 0 spiro atoms. The zero-order valence-electron chi connectivity index (χ0n) is 13.0. The van der Waals surface area contributed by atoms with Gasteiger partial charge in [0.25, 0.3) is 0 Å². The minimum atomic E-state index is 0.777. The van der Waals surface area contributed by atoms with E-state index < -0.39 is 0 Å². The molecular weight excluding hydrogens is 310 g/mol. The van der Waals surface area contributed by atoms with E-state index in [9.17, 15) is 0 Å². The van der Waals surface area contributed by atoms with Crippen LogP contribution in [0.25, 0.3) is 10.9 Å². The van der Waals surface area contributed by atoms with Crippen LogP contribution in [0.4, 0.5) is 0 Å². The fourth-order valence-corrected chi connectivity index (χ4v) is 3.68. The fraction of sp³-hybridized carbons (Fsp3) is 0.211. The van der Waals surface area contributed by atoms with Gasteiger partial charge in [0, 0.05) is 16.2 Å². The molecule has 0 N–H and O–H groups in total. The summed E-state index contributed by atoms with van der Waals surface area (Å²) in [4.78, 5) is 4.85. The summed E-state index contributed by atoms with van der Waals surface area (Å²) < 4.78 is 0. The molecule has 0 unspecified atom stereocenters. The Bertz CT molecular complexity index is 825. The summed E-state index contributed by atoms with van der Waals surface area (Å²) in [5.74, 6) is 0.903. The molecule has 112 valence electrons. The molecule has 0 atom stereocenters. The lowest BCUT2D eigenvalue weighted by Crippen LogP contribution is -1.91. The molecule has 3 rings (SSSR count). The molecule has 0 amide bonds. The van der Waals surface area contributed by atoms with Crippen LogP contribution >= 0.6 is 23.4 Å². The lowest BCUT2D eigenvalue weighted by atomic mass is 10.0. The van der Waals surface area contributed by atoms with Gasteiger partial charge in [0.1, 0.15) is 0 Å². The molecule has 1 heterocycles. The highest BCUT2D eigenvalue weighted by molar-refractivity contribution is 7.98. The van der Waals surface area contributed by atoms with Crippen LogP contribution in [0, 0.1) is 20.8 Å². The van der Waals surface area contributed by atoms with Crippen LogP contribution in [-0.4, -0.2) is 4.98 Å². The average molecular weight is 328 g/mol. The summed E-state index contributed by atoms with van der Waals surface area (Å²) in [5.41, 5.74) is 6.19. The molecule has 3 aromatic rings. The monoisotopic (exact) mass is 327 g/mol. The van der Waals surface area contributed by atoms with Crippen molar-refractivity contribution in [1.82, 2.24) is 4.98 Å². The van der Waals surface area contributed by atoms with Crippen LogP contribution in [0.15, 0.2) is 47.5 Å². The molecule has 0 saturated heterocycles. The number of thioether (sulfide) groups is 1. The lowest BCUT2D eigenvalue weighted by Gasteiger charge is -2.10. The highest BCUT2D eigenvalue weighted by Gasteiger charge is 2.07.